The highest BCUT2D eigenvalue weighted by Gasteiger charge is 2.02. The highest BCUT2D eigenvalue weighted by Crippen LogP contribution is 2.16. The molecule has 3 heteroatoms. The first-order valence-electron chi connectivity index (χ1n) is 5.47. The third-order valence-corrected chi connectivity index (χ3v) is 3.38. The van der Waals surface area contributed by atoms with Crippen molar-refractivity contribution in [2.75, 3.05) is 6.61 Å². The molecule has 0 amide bonds. The molecule has 0 N–H and O–H groups in total. The topological polar surface area (TPSA) is 22.1 Å². The van der Waals surface area contributed by atoms with E-state index in [1.165, 1.54) is 12.0 Å². The fourth-order valence-electron chi connectivity index (χ4n) is 1.37. The Kier molecular flexibility index (Phi) is 5.69. The standard InChI is InChI=1S/C12H18BrNO/c1-3-11(13)6-5-10-7-12(15-4-2)9-14-8-10/h7-9,11H,3-6H2,1-2H3. The Bertz CT molecular complexity index is 291. The fourth-order valence-corrected chi connectivity index (χ4v) is 1.60. The van der Waals surface area contributed by atoms with Crippen LogP contribution in [0.1, 0.15) is 32.3 Å². The summed E-state index contributed by atoms with van der Waals surface area (Å²) in [7, 11) is 0. The van der Waals surface area contributed by atoms with Gasteiger partial charge in [-0.2, -0.15) is 0 Å². The Hall–Kier alpha value is -0.570. The largest absolute Gasteiger partial charge is 0.492 e. The van der Waals surface area contributed by atoms with E-state index in [1.54, 1.807) is 6.20 Å². The van der Waals surface area contributed by atoms with E-state index in [9.17, 15) is 0 Å². The van der Waals surface area contributed by atoms with Crippen LogP contribution in [-0.2, 0) is 6.42 Å². The molecule has 1 heterocycles. The molecule has 1 unspecified atom stereocenters. The second-order valence-corrected chi connectivity index (χ2v) is 4.80. The minimum atomic E-state index is 0.605. The van der Waals surface area contributed by atoms with Gasteiger partial charge in [0.15, 0.2) is 0 Å². The van der Waals surface area contributed by atoms with Gasteiger partial charge in [0.25, 0.3) is 0 Å². The summed E-state index contributed by atoms with van der Waals surface area (Å²) in [4.78, 5) is 4.77. The Morgan fingerprint density at radius 3 is 2.87 bits per heavy atom. The third-order valence-electron chi connectivity index (χ3n) is 2.27. The molecule has 0 saturated carbocycles. The van der Waals surface area contributed by atoms with Crippen molar-refractivity contribution in [1.82, 2.24) is 4.98 Å². The molecule has 2 nitrogen and oxygen atoms in total. The lowest BCUT2D eigenvalue weighted by atomic mass is 10.1. The summed E-state index contributed by atoms with van der Waals surface area (Å²) in [5, 5.41) is 0. The molecular weight excluding hydrogens is 254 g/mol. The molecule has 0 aliphatic carbocycles. The Morgan fingerprint density at radius 1 is 1.40 bits per heavy atom. The minimum absolute atomic E-state index is 0.605. The van der Waals surface area contributed by atoms with Crippen molar-refractivity contribution in [3.8, 4) is 5.75 Å². The van der Waals surface area contributed by atoms with Crippen molar-refractivity contribution in [2.45, 2.75) is 37.9 Å². The van der Waals surface area contributed by atoms with E-state index in [2.05, 4.69) is 33.9 Å². The number of nitrogens with zero attached hydrogens (tertiary/aromatic N) is 1. The van der Waals surface area contributed by atoms with Crippen molar-refractivity contribution in [1.29, 1.82) is 0 Å². The van der Waals surface area contributed by atoms with Crippen LogP contribution in [0.5, 0.6) is 5.75 Å². The number of ether oxygens (including phenoxy) is 1. The average molecular weight is 272 g/mol. The fraction of sp³-hybridized carbons (Fsp3) is 0.583. The normalized spacial score (nSPS) is 12.5. The van der Waals surface area contributed by atoms with Crippen molar-refractivity contribution >= 4 is 15.9 Å². The minimum Gasteiger partial charge on any atom is -0.492 e. The Morgan fingerprint density at radius 2 is 2.20 bits per heavy atom. The lowest BCUT2D eigenvalue weighted by molar-refractivity contribution is 0.338. The van der Waals surface area contributed by atoms with Gasteiger partial charge in [-0.05, 0) is 37.8 Å². The highest BCUT2D eigenvalue weighted by molar-refractivity contribution is 9.09. The van der Waals surface area contributed by atoms with Crippen molar-refractivity contribution in [3.05, 3.63) is 24.0 Å². The summed E-state index contributed by atoms with van der Waals surface area (Å²) in [5.41, 5.74) is 1.25. The van der Waals surface area contributed by atoms with Gasteiger partial charge in [-0.3, -0.25) is 4.98 Å². The summed E-state index contributed by atoms with van der Waals surface area (Å²) in [6.07, 6.45) is 7.04. The number of hydrogen-bond donors (Lipinski definition) is 0. The lowest BCUT2D eigenvalue weighted by Crippen LogP contribution is -1.99. The second-order valence-electron chi connectivity index (χ2n) is 3.51. The molecule has 15 heavy (non-hydrogen) atoms. The number of aromatic nitrogens is 1. The van der Waals surface area contributed by atoms with E-state index in [-0.39, 0.29) is 0 Å². The summed E-state index contributed by atoms with van der Waals surface area (Å²) in [6.45, 7) is 4.87. The predicted octanol–water partition coefficient (Wildman–Crippen LogP) is 3.59. The maximum Gasteiger partial charge on any atom is 0.137 e. The molecule has 84 valence electrons. The van der Waals surface area contributed by atoms with Gasteiger partial charge >= 0.3 is 0 Å². The molecule has 1 aromatic rings. The first kappa shape index (κ1) is 12.5. The molecular formula is C12H18BrNO. The van der Waals surface area contributed by atoms with E-state index in [0.717, 1.165) is 18.6 Å². The summed E-state index contributed by atoms with van der Waals surface area (Å²) in [5.74, 6) is 0.873. The molecule has 0 aliphatic heterocycles. The second kappa shape index (κ2) is 6.83. The first-order chi connectivity index (χ1) is 7.26. The van der Waals surface area contributed by atoms with Crippen molar-refractivity contribution in [2.24, 2.45) is 0 Å². The third kappa shape index (κ3) is 4.65. The van der Waals surface area contributed by atoms with Gasteiger partial charge < -0.3 is 4.74 Å². The van der Waals surface area contributed by atoms with Crippen LogP contribution in [0.3, 0.4) is 0 Å². The van der Waals surface area contributed by atoms with Crippen LogP contribution in [0, 0.1) is 0 Å². The molecule has 0 radical (unpaired) electrons. The number of halogens is 1. The number of aryl methyl sites for hydroxylation is 1. The quantitative estimate of drug-likeness (QED) is 0.738. The maximum absolute atomic E-state index is 5.41. The molecule has 0 fully saturated rings. The first-order valence-corrected chi connectivity index (χ1v) is 6.38. The molecule has 0 saturated heterocycles. The molecule has 0 aromatic carbocycles. The number of rotatable bonds is 6. The molecule has 1 aromatic heterocycles. The summed E-state index contributed by atoms with van der Waals surface area (Å²) in [6, 6.07) is 2.08. The molecule has 1 rings (SSSR count). The van der Waals surface area contributed by atoms with Crippen LogP contribution >= 0.6 is 15.9 Å². The zero-order chi connectivity index (χ0) is 11.1. The summed E-state index contributed by atoms with van der Waals surface area (Å²) >= 11 is 3.63. The van der Waals surface area contributed by atoms with Gasteiger partial charge in [-0.15, -0.1) is 0 Å². The van der Waals surface area contributed by atoms with Crippen LogP contribution < -0.4 is 4.74 Å². The van der Waals surface area contributed by atoms with E-state index >= 15 is 0 Å². The van der Waals surface area contributed by atoms with Crippen LogP contribution in [0.4, 0.5) is 0 Å². The molecule has 0 bridgehead atoms. The zero-order valence-corrected chi connectivity index (χ0v) is 11.0. The van der Waals surface area contributed by atoms with Crippen molar-refractivity contribution in [3.63, 3.8) is 0 Å². The number of alkyl halides is 1. The van der Waals surface area contributed by atoms with Gasteiger partial charge in [0.1, 0.15) is 5.75 Å². The average Bonchev–Trinajstić information content (AvgIpc) is 2.27. The monoisotopic (exact) mass is 271 g/mol. The zero-order valence-electron chi connectivity index (χ0n) is 9.37. The SMILES string of the molecule is CCOc1cncc(CCC(Br)CC)c1. The van der Waals surface area contributed by atoms with E-state index < -0.39 is 0 Å². The van der Waals surface area contributed by atoms with E-state index in [0.29, 0.717) is 11.4 Å². The number of pyridine rings is 1. The van der Waals surface area contributed by atoms with E-state index in [1.807, 2.05) is 13.1 Å². The highest BCUT2D eigenvalue weighted by atomic mass is 79.9. The van der Waals surface area contributed by atoms with E-state index in [4.69, 9.17) is 4.74 Å². The van der Waals surface area contributed by atoms with Crippen LogP contribution in [0.25, 0.3) is 0 Å². The van der Waals surface area contributed by atoms with Gasteiger partial charge in [0.2, 0.25) is 0 Å². The Balaban J connectivity index is 2.50. The molecule has 0 spiro atoms. The molecule has 1 atom stereocenters. The van der Waals surface area contributed by atoms with Gasteiger partial charge in [0.05, 0.1) is 12.8 Å². The smallest absolute Gasteiger partial charge is 0.137 e. The Labute approximate surface area is 100 Å². The lowest BCUT2D eigenvalue weighted by Gasteiger charge is -2.07. The van der Waals surface area contributed by atoms with Gasteiger partial charge in [-0.1, -0.05) is 22.9 Å². The van der Waals surface area contributed by atoms with Gasteiger partial charge in [-0.25, -0.2) is 0 Å². The predicted molar refractivity (Wildman–Crippen MR) is 66.7 cm³/mol. The van der Waals surface area contributed by atoms with Gasteiger partial charge in [0, 0.05) is 11.0 Å². The van der Waals surface area contributed by atoms with Crippen molar-refractivity contribution < 1.29 is 4.74 Å². The van der Waals surface area contributed by atoms with Crippen LogP contribution in [-0.4, -0.2) is 16.4 Å². The molecule has 0 aliphatic rings. The van der Waals surface area contributed by atoms with Crippen LogP contribution in [0.15, 0.2) is 18.5 Å². The maximum atomic E-state index is 5.41. The number of hydrogen-bond acceptors (Lipinski definition) is 2. The summed E-state index contributed by atoms with van der Waals surface area (Å²) < 4.78 is 5.41. The van der Waals surface area contributed by atoms with Crippen LogP contribution in [0.2, 0.25) is 0 Å².